The van der Waals surface area contributed by atoms with Crippen molar-refractivity contribution in [2.75, 3.05) is 0 Å². The van der Waals surface area contributed by atoms with Gasteiger partial charge >= 0.3 is 0 Å². The number of halogens is 2. The molecular weight excluding hydrogens is 351 g/mol. The Hall–Kier alpha value is -1.22. The summed E-state index contributed by atoms with van der Waals surface area (Å²) in [7, 11) is -3.99. The molecule has 0 radical (unpaired) electrons. The fourth-order valence-electron chi connectivity index (χ4n) is 1.62. The summed E-state index contributed by atoms with van der Waals surface area (Å²) in [5, 5.41) is 0. The zero-order chi connectivity index (χ0) is 14.8. The molecule has 0 saturated heterocycles. The van der Waals surface area contributed by atoms with Crippen molar-refractivity contribution in [2.45, 2.75) is 18.0 Å². The Balaban J connectivity index is 2.31. The number of nitrogens with one attached hydrogen (secondary N) is 1. The second-order valence-electron chi connectivity index (χ2n) is 3.99. The molecule has 0 aliphatic rings. The van der Waals surface area contributed by atoms with Crippen LogP contribution in [0.25, 0.3) is 0 Å². The van der Waals surface area contributed by atoms with Crippen molar-refractivity contribution in [1.29, 1.82) is 0 Å². The summed E-state index contributed by atoms with van der Waals surface area (Å²) in [5.41, 5.74) is 5.51. The average Bonchev–Trinajstić information content (AvgIpc) is 2.92. The van der Waals surface area contributed by atoms with Gasteiger partial charge in [-0.2, -0.15) is 0 Å². The average molecular weight is 363 g/mol. The van der Waals surface area contributed by atoms with E-state index in [1.165, 1.54) is 18.4 Å². The summed E-state index contributed by atoms with van der Waals surface area (Å²) in [4.78, 5) is -0.445. The van der Waals surface area contributed by atoms with Crippen LogP contribution in [-0.4, -0.2) is 8.42 Å². The molecule has 1 aromatic carbocycles. The quantitative estimate of drug-likeness (QED) is 0.852. The van der Waals surface area contributed by atoms with Gasteiger partial charge in [0.05, 0.1) is 12.8 Å². The van der Waals surface area contributed by atoms with Crippen molar-refractivity contribution >= 4 is 26.0 Å². The standard InChI is InChI=1S/C12H12BrFN2O3S/c13-9-4-8(6-15)12(14)11(5-9)20(17,18)16-7-10-2-1-3-19-10/h1-5,16H,6-7,15H2. The Morgan fingerprint density at radius 1 is 1.40 bits per heavy atom. The Morgan fingerprint density at radius 3 is 2.75 bits per heavy atom. The highest BCUT2D eigenvalue weighted by molar-refractivity contribution is 9.10. The molecule has 0 fully saturated rings. The molecule has 108 valence electrons. The fourth-order valence-corrected chi connectivity index (χ4v) is 3.41. The molecular formula is C12H12BrFN2O3S. The molecule has 0 bridgehead atoms. The van der Waals surface area contributed by atoms with Gasteiger partial charge in [-0.25, -0.2) is 17.5 Å². The molecule has 0 atom stereocenters. The number of hydrogen-bond acceptors (Lipinski definition) is 4. The highest BCUT2D eigenvalue weighted by Crippen LogP contribution is 2.24. The van der Waals surface area contributed by atoms with Crippen molar-refractivity contribution < 1.29 is 17.2 Å². The van der Waals surface area contributed by atoms with E-state index in [1.807, 2.05) is 0 Å². The molecule has 20 heavy (non-hydrogen) atoms. The first kappa shape index (κ1) is 15.2. The van der Waals surface area contributed by atoms with E-state index >= 15 is 0 Å². The van der Waals surface area contributed by atoms with Crippen LogP contribution in [0.2, 0.25) is 0 Å². The smallest absolute Gasteiger partial charge is 0.243 e. The molecule has 1 aromatic heterocycles. The first-order chi connectivity index (χ1) is 9.44. The van der Waals surface area contributed by atoms with E-state index in [2.05, 4.69) is 20.7 Å². The zero-order valence-electron chi connectivity index (χ0n) is 10.3. The van der Waals surface area contributed by atoms with Gasteiger partial charge in [-0.3, -0.25) is 0 Å². The second-order valence-corrected chi connectivity index (χ2v) is 6.64. The summed E-state index contributed by atoms with van der Waals surface area (Å²) >= 11 is 3.14. The number of rotatable bonds is 5. The van der Waals surface area contributed by atoms with Crippen LogP contribution in [-0.2, 0) is 23.1 Å². The molecule has 0 aliphatic heterocycles. The van der Waals surface area contributed by atoms with Crippen LogP contribution in [0, 0.1) is 5.82 Å². The first-order valence-electron chi connectivity index (χ1n) is 5.64. The molecule has 0 amide bonds. The minimum absolute atomic E-state index is 0.0563. The number of furan rings is 1. The van der Waals surface area contributed by atoms with Crippen molar-refractivity contribution in [3.8, 4) is 0 Å². The third-order valence-corrected chi connectivity index (χ3v) is 4.46. The van der Waals surface area contributed by atoms with Gasteiger partial charge in [0.2, 0.25) is 10.0 Å². The molecule has 5 nitrogen and oxygen atoms in total. The van der Waals surface area contributed by atoms with Gasteiger partial charge in [0.15, 0.2) is 0 Å². The predicted molar refractivity (Wildman–Crippen MR) is 74.7 cm³/mol. The van der Waals surface area contributed by atoms with Gasteiger partial charge in [0, 0.05) is 16.6 Å². The van der Waals surface area contributed by atoms with Gasteiger partial charge < -0.3 is 10.2 Å². The molecule has 1 heterocycles. The summed E-state index contributed by atoms with van der Waals surface area (Å²) in [6.07, 6.45) is 1.43. The largest absolute Gasteiger partial charge is 0.468 e. The first-order valence-corrected chi connectivity index (χ1v) is 7.91. The summed E-state index contributed by atoms with van der Waals surface area (Å²) in [6.45, 7) is -0.148. The second kappa shape index (κ2) is 6.04. The lowest BCUT2D eigenvalue weighted by Gasteiger charge is -2.10. The molecule has 0 unspecified atom stereocenters. The Labute approximate surface area is 124 Å². The van der Waals surface area contributed by atoms with E-state index in [0.29, 0.717) is 10.2 Å². The van der Waals surface area contributed by atoms with Gasteiger partial charge in [-0.15, -0.1) is 0 Å². The summed E-state index contributed by atoms with van der Waals surface area (Å²) in [6, 6.07) is 5.89. The normalized spacial score (nSPS) is 11.8. The van der Waals surface area contributed by atoms with Crippen LogP contribution in [0.15, 0.2) is 44.3 Å². The minimum Gasteiger partial charge on any atom is -0.468 e. The van der Waals surface area contributed by atoms with Crippen molar-refractivity contribution in [1.82, 2.24) is 4.72 Å². The molecule has 0 saturated carbocycles. The van der Waals surface area contributed by atoms with E-state index in [1.54, 1.807) is 12.1 Å². The van der Waals surface area contributed by atoms with Gasteiger partial charge in [-0.1, -0.05) is 15.9 Å². The Kier molecular flexibility index (Phi) is 4.59. The van der Waals surface area contributed by atoms with Crippen LogP contribution < -0.4 is 10.5 Å². The number of benzene rings is 1. The van der Waals surface area contributed by atoms with Crippen molar-refractivity contribution in [3.05, 3.63) is 52.1 Å². The van der Waals surface area contributed by atoms with E-state index in [4.69, 9.17) is 10.2 Å². The Bertz CT molecular complexity index is 702. The monoisotopic (exact) mass is 362 g/mol. The maximum absolute atomic E-state index is 14.1. The highest BCUT2D eigenvalue weighted by Gasteiger charge is 2.22. The van der Waals surface area contributed by atoms with Gasteiger partial charge in [0.1, 0.15) is 16.5 Å². The molecule has 3 N–H and O–H groups in total. The van der Waals surface area contributed by atoms with Crippen LogP contribution in [0.1, 0.15) is 11.3 Å². The zero-order valence-corrected chi connectivity index (χ0v) is 12.7. The van der Waals surface area contributed by atoms with Crippen LogP contribution >= 0.6 is 15.9 Å². The van der Waals surface area contributed by atoms with Crippen LogP contribution in [0.5, 0.6) is 0 Å². The lowest BCUT2D eigenvalue weighted by molar-refractivity contribution is 0.496. The lowest BCUT2D eigenvalue weighted by Crippen LogP contribution is -2.24. The highest BCUT2D eigenvalue weighted by atomic mass is 79.9. The maximum Gasteiger partial charge on any atom is 0.243 e. The molecule has 0 spiro atoms. The maximum atomic E-state index is 14.1. The van der Waals surface area contributed by atoms with E-state index in [-0.39, 0.29) is 18.7 Å². The van der Waals surface area contributed by atoms with Crippen molar-refractivity contribution in [2.24, 2.45) is 5.73 Å². The van der Waals surface area contributed by atoms with E-state index in [9.17, 15) is 12.8 Å². The number of nitrogens with two attached hydrogens (primary N) is 1. The topological polar surface area (TPSA) is 85.3 Å². The molecule has 2 aromatic rings. The summed E-state index contributed by atoms with van der Waals surface area (Å²) in [5.74, 6) is -0.411. The third-order valence-electron chi connectivity index (χ3n) is 2.61. The summed E-state index contributed by atoms with van der Waals surface area (Å²) < 4.78 is 46.0. The van der Waals surface area contributed by atoms with Crippen molar-refractivity contribution in [3.63, 3.8) is 0 Å². The van der Waals surface area contributed by atoms with E-state index in [0.717, 1.165) is 0 Å². The third kappa shape index (κ3) is 3.26. The number of hydrogen-bond donors (Lipinski definition) is 2. The molecule has 2 rings (SSSR count). The fraction of sp³-hybridized carbons (Fsp3) is 0.167. The SMILES string of the molecule is NCc1cc(Br)cc(S(=O)(=O)NCc2ccco2)c1F. The van der Waals surface area contributed by atoms with Crippen LogP contribution in [0.4, 0.5) is 4.39 Å². The van der Waals surface area contributed by atoms with E-state index < -0.39 is 20.7 Å². The molecule has 0 aliphatic carbocycles. The molecule has 8 heteroatoms. The van der Waals surface area contributed by atoms with Gasteiger partial charge in [-0.05, 0) is 24.3 Å². The number of sulfonamides is 1. The lowest BCUT2D eigenvalue weighted by atomic mass is 10.2. The minimum atomic E-state index is -3.99. The predicted octanol–water partition coefficient (Wildman–Crippen LogP) is 2.12. The van der Waals surface area contributed by atoms with Crippen LogP contribution in [0.3, 0.4) is 0 Å². The Morgan fingerprint density at radius 2 is 2.15 bits per heavy atom. The van der Waals surface area contributed by atoms with Gasteiger partial charge in [0.25, 0.3) is 0 Å².